The van der Waals surface area contributed by atoms with Crippen LogP contribution in [-0.4, -0.2) is 15.7 Å². The standard InChI is InChI=1S/C6H7N3O3/c7-4(10)3-9-6(12)2-1-5(11)8-9/h1-2H,3H2,(H2,7,10)(H,8,11). The highest BCUT2D eigenvalue weighted by Crippen LogP contribution is 1.69. The van der Waals surface area contributed by atoms with E-state index in [1.807, 2.05) is 0 Å². The number of primary amides is 1. The third-order valence-electron chi connectivity index (χ3n) is 1.20. The first-order valence-corrected chi connectivity index (χ1v) is 3.18. The molecule has 1 rings (SSSR count). The summed E-state index contributed by atoms with van der Waals surface area (Å²) in [6, 6.07) is 2.15. The summed E-state index contributed by atoms with van der Waals surface area (Å²) in [5, 5.41) is 2.15. The number of aromatic nitrogens is 2. The lowest BCUT2D eigenvalue weighted by Crippen LogP contribution is -2.33. The Bertz CT molecular complexity index is 403. The molecule has 1 aromatic heterocycles. The average Bonchev–Trinajstić information content (AvgIpc) is 1.96. The van der Waals surface area contributed by atoms with Gasteiger partial charge in [0.25, 0.3) is 11.1 Å². The average molecular weight is 169 g/mol. The van der Waals surface area contributed by atoms with E-state index in [2.05, 4.69) is 5.10 Å². The minimum absolute atomic E-state index is 0.311. The van der Waals surface area contributed by atoms with Crippen LogP contribution in [0.2, 0.25) is 0 Å². The molecule has 6 nitrogen and oxygen atoms in total. The second-order valence-corrected chi connectivity index (χ2v) is 2.20. The molecule has 12 heavy (non-hydrogen) atoms. The Balaban J connectivity index is 3.14. The van der Waals surface area contributed by atoms with E-state index < -0.39 is 17.0 Å². The van der Waals surface area contributed by atoms with E-state index in [1.165, 1.54) is 0 Å². The van der Waals surface area contributed by atoms with Crippen LogP contribution < -0.4 is 16.9 Å². The molecule has 0 saturated carbocycles. The van der Waals surface area contributed by atoms with Crippen molar-refractivity contribution in [2.75, 3.05) is 0 Å². The van der Waals surface area contributed by atoms with E-state index in [9.17, 15) is 14.4 Å². The minimum atomic E-state index is -0.682. The Hall–Kier alpha value is -1.85. The Morgan fingerprint density at radius 3 is 2.75 bits per heavy atom. The van der Waals surface area contributed by atoms with Crippen molar-refractivity contribution in [3.8, 4) is 0 Å². The van der Waals surface area contributed by atoms with Crippen molar-refractivity contribution >= 4 is 5.91 Å². The summed E-state index contributed by atoms with van der Waals surface area (Å²) in [6.45, 7) is -0.311. The number of carbonyl (C=O) groups excluding carboxylic acids is 1. The van der Waals surface area contributed by atoms with E-state index in [-0.39, 0.29) is 6.54 Å². The molecule has 0 atom stereocenters. The van der Waals surface area contributed by atoms with Gasteiger partial charge in [0.15, 0.2) is 0 Å². The van der Waals surface area contributed by atoms with Gasteiger partial charge in [0.1, 0.15) is 6.54 Å². The normalized spacial score (nSPS) is 9.67. The Labute approximate surface area is 66.6 Å². The van der Waals surface area contributed by atoms with Crippen LogP contribution in [0.25, 0.3) is 0 Å². The molecule has 0 fully saturated rings. The van der Waals surface area contributed by atoms with Crippen LogP contribution in [0.3, 0.4) is 0 Å². The first-order chi connectivity index (χ1) is 5.59. The highest BCUT2D eigenvalue weighted by atomic mass is 16.2. The predicted molar refractivity (Wildman–Crippen MR) is 40.5 cm³/mol. The summed E-state index contributed by atoms with van der Waals surface area (Å²) in [5.41, 5.74) is 3.91. The molecule has 0 aliphatic rings. The van der Waals surface area contributed by atoms with Crippen LogP contribution in [0.4, 0.5) is 0 Å². The lowest BCUT2D eigenvalue weighted by atomic mass is 10.5. The number of nitrogens with two attached hydrogens (primary N) is 1. The molecule has 1 heterocycles. The Morgan fingerprint density at radius 2 is 2.17 bits per heavy atom. The van der Waals surface area contributed by atoms with Crippen molar-refractivity contribution < 1.29 is 4.79 Å². The van der Waals surface area contributed by atoms with Crippen molar-refractivity contribution in [2.24, 2.45) is 5.73 Å². The Kier molecular flexibility index (Phi) is 2.09. The third-order valence-corrected chi connectivity index (χ3v) is 1.20. The zero-order valence-electron chi connectivity index (χ0n) is 6.11. The fourth-order valence-corrected chi connectivity index (χ4v) is 0.736. The summed E-state index contributed by atoms with van der Waals surface area (Å²) in [5.74, 6) is -0.682. The van der Waals surface area contributed by atoms with Crippen molar-refractivity contribution in [3.63, 3.8) is 0 Å². The molecule has 64 valence electrons. The molecule has 0 aliphatic heterocycles. The molecular weight excluding hydrogens is 162 g/mol. The van der Waals surface area contributed by atoms with E-state index in [1.54, 1.807) is 0 Å². The quantitative estimate of drug-likeness (QED) is 0.536. The van der Waals surface area contributed by atoms with Gasteiger partial charge in [-0.3, -0.25) is 19.5 Å². The van der Waals surface area contributed by atoms with Gasteiger partial charge in [-0.25, -0.2) is 4.68 Å². The summed E-state index contributed by atoms with van der Waals surface area (Å²) in [4.78, 5) is 31.9. The highest BCUT2D eigenvalue weighted by Gasteiger charge is 1.98. The van der Waals surface area contributed by atoms with Crippen LogP contribution in [0.5, 0.6) is 0 Å². The van der Waals surface area contributed by atoms with Crippen molar-refractivity contribution in [2.45, 2.75) is 6.54 Å². The van der Waals surface area contributed by atoms with Gasteiger partial charge in [-0.1, -0.05) is 0 Å². The maximum absolute atomic E-state index is 10.9. The van der Waals surface area contributed by atoms with Gasteiger partial charge in [-0.05, 0) is 0 Å². The van der Waals surface area contributed by atoms with Gasteiger partial charge in [-0.15, -0.1) is 0 Å². The predicted octanol–water partition coefficient (Wildman–Crippen LogP) is -1.98. The molecule has 0 radical (unpaired) electrons. The summed E-state index contributed by atoms with van der Waals surface area (Å²) in [6.07, 6.45) is 0. The maximum atomic E-state index is 10.9. The summed E-state index contributed by atoms with van der Waals surface area (Å²) < 4.78 is 0.852. The number of H-pyrrole nitrogens is 1. The van der Waals surface area contributed by atoms with Gasteiger partial charge >= 0.3 is 0 Å². The molecule has 0 unspecified atom stereocenters. The fraction of sp³-hybridized carbons (Fsp3) is 0.167. The number of aromatic amines is 1. The van der Waals surface area contributed by atoms with E-state index in [0.29, 0.717) is 0 Å². The van der Waals surface area contributed by atoms with Gasteiger partial charge in [0, 0.05) is 12.1 Å². The molecule has 0 saturated heterocycles. The zero-order chi connectivity index (χ0) is 9.14. The smallest absolute Gasteiger partial charge is 0.265 e. The fourth-order valence-electron chi connectivity index (χ4n) is 0.736. The number of rotatable bonds is 2. The van der Waals surface area contributed by atoms with Crippen molar-refractivity contribution in [1.29, 1.82) is 0 Å². The number of carbonyl (C=O) groups is 1. The lowest BCUT2D eigenvalue weighted by Gasteiger charge is -1.99. The van der Waals surface area contributed by atoms with Crippen molar-refractivity contribution in [1.82, 2.24) is 9.78 Å². The number of nitrogens with one attached hydrogen (secondary N) is 1. The van der Waals surface area contributed by atoms with Gasteiger partial charge in [0.2, 0.25) is 5.91 Å². The molecule has 1 amide bonds. The van der Waals surface area contributed by atoms with Crippen LogP contribution in [0, 0.1) is 0 Å². The summed E-state index contributed by atoms with van der Waals surface area (Å²) >= 11 is 0. The molecular formula is C6H7N3O3. The molecule has 3 N–H and O–H groups in total. The van der Waals surface area contributed by atoms with E-state index in [4.69, 9.17) is 5.73 Å². The maximum Gasteiger partial charge on any atom is 0.265 e. The molecule has 6 heteroatoms. The van der Waals surface area contributed by atoms with Crippen LogP contribution in [-0.2, 0) is 11.3 Å². The molecule has 0 bridgehead atoms. The molecule has 1 aromatic rings. The third kappa shape index (κ3) is 1.82. The number of hydrogen-bond donors (Lipinski definition) is 2. The Morgan fingerprint density at radius 1 is 1.50 bits per heavy atom. The lowest BCUT2D eigenvalue weighted by molar-refractivity contribution is -0.118. The van der Waals surface area contributed by atoms with Gasteiger partial charge in [0.05, 0.1) is 0 Å². The zero-order valence-corrected chi connectivity index (χ0v) is 6.11. The highest BCUT2D eigenvalue weighted by molar-refractivity contribution is 5.73. The second kappa shape index (κ2) is 3.04. The first-order valence-electron chi connectivity index (χ1n) is 3.18. The van der Waals surface area contributed by atoms with Crippen LogP contribution in [0.15, 0.2) is 21.7 Å². The topological polar surface area (TPSA) is 97.9 Å². The van der Waals surface area contributed by atoms with E-state index >= 15 is 0 Å². The van der Waals surface area contributed by atoms with Gasteiger partial charge in [-0.2, -0.15) is 0 Å². The number of hydrogen-bond acceptors (Lipinski definition) is 3. The number of amides is 1. The largest absolute Gasteiger partial charge is 0.368 e. The van der Waals surface area contributed by atoms with Crippen molar-refractivity contribution in [3.05, 3.63) is 32.8 Å². The molecule has 0 spiro atoms. The van der Waals surface area contributed by atoms with E-state index in [0.717, 1.165) is 16.8 Å². The minimum Gasteiger partial charge on any atom is -0.368 e. The second-order valence-electron chi connectivity index (χ2n) is 2.20. The number of nitrogens with zero attached hydrogens (tertiary/aromatic N) is 1. The first kappa shape index (κ1) is 8.25. The SMILES string of the molecule is NC(=O)Cn1[nH]c(=O)ccc1=O. The monoisotopic (exact) mass is 169 g/mol. The molecule has 0 aliphatic carbocycles. The summed E-state index contributed by atoms with van der Waals surface area (Å²) in [7, 11) is 0. The van der Waals surface area contributed by atoms with Crippen LogP contribution in [0.1, 0.15) is 0 Å². The van der Waals surface area contributed by atoms with Crippen LogP contribution >= 0.6 is 0 Å². The van der Waals surface area contributed by atoms with Gasteiger partial charge < -0.3 is 5.73 Å². The molecule has 0 aromatic carbocycles.